The molecule has 0 amide bonds. The van der Waals surface area contributed by atoms with Gasteiger partial charge in [0, 0.05) is 10.5 Å². The minimum absolute atomic E-state index is 0.205. The molecular weight excluding hydrogens is 516 g/mol. The molecule has 1 aromatic heterocycles. The van der Waals surface area contributed by atoms with Crippen molar-refractivity contribution in [2.45, 2.75) is 17.9 Å². The van der Waals surface area contributed by atoms with E-state index in [0.717, 1.165) is 21.6 Å². The van der Waals surface area contributed by atoms with Crippen molar-refractivity contribution in [1.29, 1.82) is 0 Å². The lowest BCUT2D eigenvalue weighted by Crippen LogP contribution is -2.40. The van der Waals surface area contributed by atoms with E-state index in [-0.39, 0.29) is 12.2 Å². The number of fused-ring (bicyclic) bond motifs is 1. The smallest absolute Gasteiger partial charge is 0.338 e. The lowest BCUT2D eigenvalue weighted by Gasteiger charge is -2.26. The zero-order valence-corrected chi connectivity index (χ0v) is 22.8. The number of hydrogen-bond acceptors (Lipinski definition) is 7. The Hall–Kier alpha value is -3.88. The van der Waals surface area contributed by atoms with Crippen molar-refractivity contribution >= 4 is 40.8 Å². The SMILES string of the molecule is CCOC(=O)C1=C(c2ccccc2)N=c2s/c(=C\c3ccc(SC)cc3)c(=O)n2[C@@H]1c1ccc(OC)cc1. The molecule has 6 nitrogen and oxygen atoms in total. The summed E-state index contributed by atoms with van der Waals surface area (Å²) in [6, 6.07) is 24.2. The lowest BCUT2D eigenvalue weighted by molar-refractivity contribution is -0.138. The van der Waals surface area contributed by atoms with Gasteiger partial charge >= 0.3 is 5.97 Å². The number of benzene rings is 3. The molecule has 0 fully saturated rings. The van der Waals surface area contributed by atoms with Gasteiger partial charge < -0.3 is 9.47 Å². The molecule has 4 aromatic rings. The van der Waals surface area contributed by atoms with Gasteiger partial charge in [0.2, 0.25) is 0 Å². The highest BCUT2D eigenvalue weighted by Gasteiger charge is 2.35. The molecule has 8 heteroatoms. The quantitative estimate of drug-likeness (QED) is 0.251. The summed E-state index contributed by atoms with van der Waals surface area (Å²) in [5.74, 6) is 0.178. The fourth-order valence-electron chi connectivity index (χ4n) is 4.39. The first-order chi connectivity index (χ1) is 18.5. The van der Waals surface area contributed by atoms with Gasteiger partial charge in [0.15, 0.2) is 4.80 Å². The predicted octanol–water partition coefficient (Wildman–Crippen LogP) is 4.67. The molecule has 5 rings (SSSR count). The van der Waals surface area contributed by atoms with Crippen LogP contribution < -0.4 is 19.6 Å². The summed E-state index contributed by atoms with van der Waals surface area (Å²) in [5, 5.41) is 0. The van der Waals surface area contributed by atoms with Crippen molar-refractivity contribution in [3.05, 3.63) is 121 Å². The largest absolute Gasteiger partial charge is 0.497 e. The van der Waals surface area contributed by atoms with Crippen LogP contribution in [0.2, 0.25) is 0 Å². The van der Waals surface area contributed by atoms with E-state index in [0.29, 0.717) is 26.4 Å². The maximum atomic E-state index is 13.9. The van der Waals surface area contributed by atoms with Crippen LogP contribution in [0.3, 0.4) is 0 Å². The van der Waals surface area contributed by atoms with Gasteiger partial charge in [0.1, 0.15) is 5.75 Å². The molecule has 0 aliphatic carbocycles. The number of carbonyl (C=O) groups excluding carboxylic acids is 1. The molecule has 3 aromatic carbocycles. The second-order valence-corrected chi connectivity index (χ2v) is 10.4. The third kappa shape index (κ3) is 4.97. The van der Waals surface area contributed by atoms with E-state index >= 15 is 0 Å². The number of esters is 1. The molecule has 1 aliphatic heterocycles. The molecule has 0 bridgehead atoms. The topological polar surface area (TPSA) is 69.9 Å². The molecule has 0 unspecified atom stereocenters. The third-order valence-corrected chi connectivity index (χ3v) is 7.95. The molecule has 0 spiro atoms. The molecule has 1 atom stereocenters. The molecule has 1 aliphatic rings. The van der Waals surface area contributed by atoms with Crippen molar-refractivity contribution in [3.8, 4) is 5.75 Å². The Balaban J connectivity index is 1.79. The second-order valence-electron chi connectivity index (χ2n) is 8.48. The molecule has 192 valence electrons. The van der Waals surface area contributed by atoms with Gasteiger partial charge in [0.25, 0.3) is 5.56 Å². The van der Waals surface area contributed by atoms with Crippen molar-refractivity contribution < 1.29 is 14.3 Å². The maximum absolute atomic E-state index is 13.9. The van der Waals surface area contributed by atoms with E-state index < -0.39 is 12.0 Å². The van der Waals surface area contributed by atoms with Crippen molar-refractivity contribution in [2.24, 2.45) is 4.99 Å². The van der Waals surface area contributed by atoms with Crippen LogP contribution in [0, 0.1) is 0 Å². The number of rotatable bonds is 7. The highest BCUT2D eigenvalue weighted by atomic mass is 32.2. The molecule has 0 saturated heterocycles. The number of aromatic nitrogens is 1. The van der Waals surface area contributed by atoms with E-state index in [1.165, 1.54) is 11.3 Å². The van der Waals surface area contributed by atoms with Crippen LogP contribution in [-0.2, 0) is 9.53 Å². The Morgan fingerprint density at radius 1 is 1.05 bits per heavy atom. The van der Waals surface area contributed by atoms with Gasteiger partial charge in [-0.3, -0.25) is 9.36 Å². The second kappa shape index (κ2) is 11.2. The van der Waals surface area contributed by atoms with Crippen LogP contribution in [-0.4, -0.2) is 30.5 Å². The van der Waals surface area contributed by atoms with E-state index in [2.05, 4.69) is 0 Å². The number of thioether (sulfide) groups is 1. The number of thiazole rings is 1. The number of carbonyl (C=O) groups is 1. The highest BCUT2D eigenvalue weighted by molar-refractivity contribution is 7.98. The van der Waals surface area contributed by atoms with Crippen LogP contribution in [0.1, 0.15) is 29.7 Å². The average Bonchev–Trinajstić information content (AvgIpc) is 3.27. The Bertz CT molecular complexity index is 1670. The summed E-state index contributed by atoms with van der Waals surface area (Å²) >= 11 is 2.97. The number of nitrogens with zero attached hydrogens (tertiary/aromatic N) is 2. The van der Waals surface area contributed by atoms with Crippen LogP contribution in [0.4, 0.5) is 0 Å². The zero-order chi connectivity index (χ0) is 26.6. The Morgan fingerprint density at radius 3 is 2.39 bits per heavy atom. The summed E-state index contributed by atoms with van der Waals surface area (Å²) in [7, 11) is 1.60. The van der Waals surface area contributed by atoms with Gasteiger partial charge in [-0.1, -0.05) is 65.9 Å². The molecule has 0 saturated carbocycles. The number of methoxy groups -OCH3 is 1. The summed E-state index contributed by atoms with van der Waals surface area (Å²) in [4.78, 5) is 33.9. The summed E-state index contributed by atoms with van der Waals surface area (Å²) < 4.78 is 13.0. The summed E-state index contributed by atoms with van der Waals surface area (Å²) in [5.41, 5.74) is 3.07. The van der Waals surface area contributed by atoms with Crippen LogP contribution >= 0.6 is 23.1 Å². The van der Waals surface area contributed by atoms with Crippen molar-refractivity contribution in [1.82, 2.24) is 4.57 Å². The molecule has 0 radical (unpaired) electrons. The molecular formula is C30H26N2O4S2. The molecule has 2 heterocycles. The Kier molecular flexibility index (Phi) is 7.62. The lowest BCUT2D eigenvalue weighted by atomic mass is 9.93. The van der Waals surface area contributed by atoms with Gasteiger partial charge in [-0.2, -0.15) is 0 Å². The highest BCUT2D eigenvalue weighted by Crippen LogP contribution is 2.35. The van der Waals surface area contributed by atoms with E-state index in [1.807, 2.05) is 91.2 Å². The minimum atomic E-state index is -0.715. The first-order valence-electron chi connectivity index (χ1n) is 12.1. The van der Waals surface area contributed by atoms with E-state index in [1.54, 1.807) is 30.4 Å². The van der Waals surface area contributed by atoms with Gasteiger partial charge in [-0.05, 0) is 54.6 Å². The molecule has 0 N–H and O–H groups in total. The van der Waals surface area contributed by atoms with Gasteiger partial charge in [-0.15, -0.1) is 11.8 Å². The van der Waals surface area contributed by atoms with Crippen LogP contribution in [0.15, 0.2) is 99.1 Å². The molecule has 38 heavy (non-hydrogen) atoms. The first-order valence-corrected chi connectivity index (χ1v) is 14.1. The normalized spacial score (nSPS) is 15.1. The standard InChI is InChI=1S/C30H26N2O4S2/c1-4-36-29(34)25-26(20-8-6-5-7-9-20)31-30-32(27(25)21-12-14-22(35-2)15-13-21)28(33)24(38-30)18-19-10-16-23(37-3)17-11-19/h5-18,27H,4H2,1-3H3/b24-18-/t27-/m1/s1. The summed E-state index contributed by atoms with van der Waals surface area (Å²) in [6.07, 6.45) is 3.90. The summed E-state index contributed by atoms with van der Waals surface area (Å²) in [6.45, 7) is 1.97. The van der Waals surface area contributed by atoms with Crippen LogP contribution in [0.5, 0.6) is 5.75 Å². The predicted molar refractivity (Wildman–Crippen MR) is 152 cm³/mol. The first kappa shape index (κ1) is 25.8. The average molecular weight is 543 g/mol. The fraction of sp³-hybridized carbons (Fsp3) is 0.167. The van der Waals surface area contributed by atoms with E-state index in [4.69, 9.17) is 14.5 Å². The number of ether oxygens (including phenoxy) is 2. The monoisotopic (exact) mass is 542 g/mol. The van der Waals surface area contributed by atoms with Gasteiger partial charge in [-0.25, -0.2) is 9.79 Å². The van der Waals surface area contributed by atoms with E-state index in [9.17, 15) is 9.59 Å². The van der Waals surface area contributed by atoms with Crippen molar-refractivity contribution in [2.75, 3.05) is 20.0 Å². The third-order valence-electron chi connectivity index (χ3n) is 6.22. The Morgan fingerprint density at radius 2 is 1.76 bits per heavy atom. The zero-order valence-electron chi connectivity index (χ0n) is 21.2. The van der Waals surface area contributed by atoms with Crippen molar-refractivity contribution in [3.63, 3.8) is 0 Å². The fourth-order valence-corrected chi connectivity index (χ4v) is 5.80. The maximum Gasteiger partial charge on any atom is 0.338 e. The number of hydrogen-bond donors (Lipinski definition) is 0. The van der Waals surface area contributed by atoms with Gasteiger partial charge in [0.05, 0.1) is 35.6 Å². The minimum Gasteiger partial charge on any atom is -0.497 e. The van der Waals surface area contributed by atoms with Crippen LogP contribution in [0.25, 0.3) is 11.8 Å². The Labute approximate surface area is 228 Å².